The predicted molar refractivity (Wildman–Crippen MR) is 46.2 cm³/mol. The Labute approximate surface area is 82.9 Å². The van der Waals surface area contributed by atoms with Crippen LogP contribution in [0.15, 0.2) is 0 Å². The summed E-state index contributed by atoms with van der Waals surface area (Å²) in [5.41, 5.74) is 5.25. The zero-order chi connectivity index (χ0) is 10.0. The number of rotatable bonds is 2. The van der Waals surface area contributed by atoms with Crippen molar-refractivity contribution in [3.8, 4) is 0 Å². The van der Waals surface area contributed by atoms with Crippen LogP contribution in [0.4, 0.5) is 14.6 Å². The Balaban J connectivity index is 3.05. The van der Waals surface area contributed by atoms with Crippen LogP contribution >= 0.6 is 23.2 Å². The van der Waals surface area contributed by atoms with Crippen molar-refractivity contribution in [1.82, 2.24) is 9.97 Å². The fourth-order valence-electron chi connectivity index (χ4n) is 0.763. The van der Waals surface area contributed by atoms with E-state index < -0.39 is 12.8 Å². The molecule has 2 N–H and O–H groups in total. The average molecular weight is 228 g/mol. The molecule has 0 atom stereocenters. The number of hydrogen-bond acceptors (Lipinski definition) is 3. The highest BCUT2D eigenvalue weighted by Crippen LogP contribution is 2.23. The summed E-state index contributed by atoms with van der Waals surface area (Å²) < 4.78 is 23.9. The third-order valence-corrected chi connectivity index (χ3v) is 1.85. The molecule has 0 aliphatic heterocycles. The van der Waals surface area contributed by atoms with Gasteiger partial charge in [0.2, 0.25) is 11.7 Å². The van der Waals surface area contributed by atoms with E-state index in [1.807, 2.05) is 0 Å². The molecule has 0 saturated carbocycles. The van der Waals surface area contributed by atoms with Crippen LogP contribution in [0.1, 0.15) is 5.69 Å². The number of halogens is 4. The first-order valence-electron chi connectivity index (χ1n) is 3.26. The van der Waals surface area contributed by atoms with Crippen molar-refractivity contribution in [2.45, 2.75) is 12.8 Å². The Morgan fingerprint density at radius 2 is 1.92 bits per heavy atom. The number of nitrogens with zero attached hydrogens (tertiary/aromatic N) is 2. The van der Waals surface area contributed by atoms with Crippen LogP contribution in [-0.2, 0) is 6.42 Å². The van der Waals surface area contributed by atoms with Gasteiger partial charge < -0.3 is 5.73 Å². The molecule has 0 aromatic carbocycles. The van der Waals surface area contributed by atoms with Crippen molar-refractivity contribution in [3.05, 3.63) is 16.0 Å². The highest BCUT2D eigenvalue weighted by atomic mass is 35.5. The molecule has 0 aliphatic rings. The third kappa shape index (κ3) is 2.63. The summed E-state index contributed by atoms with van der Waals surface area (Å²) in [5, 5.41) is -0.248. The smallest absolute Gasteiger partial charge is 0.244 e. The van der Waals surface area contributed by atoms with Gasteiger partial charge in [0.1, 0.15) is 10.8 Å². The molecule has 1 rings (SSSR count). The van der Waals surface area contributed by atoms with E-state index in [-0.39, 0.29) is 21.8 Å². The minimum Gasteiger partial charge on any atom is -0.382 e. The highest BCUT2D eigenvalue weighted by molar-refractivity contribution is 6.34. The van der Waals surface area contributed by atoms with Crippen LogP contribution < -0.4 is 5.73 Å². The molecule has 7 heteroatoms. The Hall–Kier alpha value is -0.680. The minimum absolute atomic E-state index is 0.0332. The van der Waals surface area contributed by atoms with E-state index in [4.69, 9.17) is 28.9 Å². The third-order valence-electron chi connectivity index (χ3n) is 1.27. The summed E-state index contributed by atoms with van der Waals surface area (Å²) >= 11 is 11.0. The van der Waals surface area contributed by atoms with Gasteiger partial charge >= 0.3 is 0 Å². The summed E-state index contributed by atoms with van der Waals surface area (Å²) in [5.74, 6) is -0.0858. The molecule has 1 heterocycles. The molecule has 0 amide bonds. The van der Waals surface area contributed by atoms with Crippen molar-refractivity contribution < 1.29 is 8.78 Å². The minimum atomic E-state index is -2.54. The number of anilines is 1. The Kier molecular flexibility index (Phi) is 3.22. The normalized spacial score (nSPS) is 10.8. The molecule has 0 bridgehead atoms. The second kappa shape index (κ2) is 4.02. The van der Waals surface area contributed by atoms with E-state index in [0.717, 1.165) is 0 Å². The molecule has 3 nitrogen and oxygen atoms in total. The Morgan fingerprint density at radius 1 is 1.31 bits per heavy atom. The molecular weight excluding hydrogens is 223 g/mol. The maximum absolute atomic E-state index is 12.0. The lowest BCUT2D eigenvalue weighted by Crippen LogP contribution is -2.04. The van der Waals surface area contributed by atoms with Gasteiger partial charge in [0, 0.05) is 0 Å². The number of hydrogen-bond donors (Lipinski definition) is 1. The average Bonchev–Trinajstić information content (AvgIpc) is 1.98. The van der Waals surface area contributed by atoms with Gasteiger partial charge in [-0.1, -0.05) is 11.6 Å². The standard InChI is InChI=1S/C6H5Cl2F2N3/c7-4-2(1-3(9)10)12-6(8)13-5(4)11/h3H,1H2,(H2,11,12,13). The number of nitrogens with two attached hydrogens (primary N) is 1. The first kappa shape index (κ1) is 10.4. The molecule has 72 valence electrons. The molecule has 1 aromatic rings. The van der Waals surface area contributed by atoms with Crippen LogP contribution in [0.2, 0.25) is 10.3 Å². The second-order valence-corrected chi connectivity index (χ2v) is 2.95. The van der Waals surface area contributed by atoms with Gasteiger partial charge in [-0.3, -0.25) is 0 Å². The fraction of sp³-hybridized carbons (Fsp3) is 0.333. The summed E-state index contributed by atoms with van der Waals surface area (Å²) in [7, 11) is 0. The zero-order valence-corrected chi connectivity index (χ0v) is 7.78. The highest BCUT2D eigenvalue weighted by Gasteiger charge is 2.13. The molecule has 0 radical (unpaired) electrons. The summed E-state index contributed by atoms with van der Waals surface area (Å²) in [6, 6.07) is 0. The van der Waals surface area contributed by atoms with Crippen LogP contribution in [0, 0.1) is 0 Å². The molecule has 0 saturated heterocycles. The van der Waals surface area contributed by atoms with Crippen LogP contribution in [0.5, 0.6) is 0 Å². The molecule has 0 unspecified atom stereocenters. The SMILES string of the molecule is Nc1nc(Cl)nc(CC(F)F)c1Cl. The van der Waals surface area contributed by atoms with Crippen molar-refractivity contribution in [1.29, 1.82) is 0 Å². The topological polar surface area (TPSA) is 51.8 Å². The largest absolute Gasteiger partial charge is 0.382 e. The van der Waals surface area contributed by atoms with Crippen molar-refractivity contribution >= 4 is 29.0 Å². The van der Waals surface area contributed by atoms with Crippen LogP contribution in [0.25, 0.3) is 0 Å². The molecule has 0 fully saturated rings. The molecule has 1 aromatic heterocycles. The maximum atomic E-state index is 12.0. The van der Waals surface area contributed by atoms with Gasteiger partial charge in [0.05, 0.1) is 12.1 Å². The predicted octanol–water partition coefficient (Wildman–Crippen LogP) is 2.17. The van der Waals surface area contributed by atoms with Gasteiger partial charge in [0.15, 0.2) is 0 Å². The summed E-state index contributed by atoms with van der Waals surface area (Å²) in [4.78, 5) is 7.03. The Morgan fingerprint density at radius 3 is 2.46 bits per heavy atom. The van der Waals surface area contributed by atoms with Gasteiger partial charge in [-0.2, -0.15) is 4.98 Å². The molecule has 0 aliphatic carbocycles. The van der Waals surface area contributed by atoms with E-state index in [1.54, 1.807) is 0 Å². The van der Waals surface area contributed by atoms with E-state index in [2.05, 4.69) is 9.97 Å². The summed E-state index contributed by atoms with van der Waals surface area (Å²) in [6.45, 7) is 0. The van der Waals surface area contributed by atoms with E-state index in [1.165, 1.54) is 0 Å². The van der Waals surface area contributed by atoms with Gasteiger partial charge in [-0.25, -0.2) is 13.8 Å². The molecule has 13 heavy (non-hydrogen) atoms. The zero-order valence-electron chi connectivity index (χ0n) is 6.27. The first-order chi connectivity index (χ1) is 6.00. The van der Waals surface area contributed by atoms with Crippen LogP contribution in [-0.4, -0.2) is 16.4 Å². The lowest BCUT2D eigenvalue weighted by Gasteiger charge is -2.04. The second-order valence-electron chi connectivity index (χ2n) is 2.23. The summed E-state index contributed by atoms with van der Waals surface area (Å²) in [6.07, 6.45) is -3.12. The lowest BCUT2D eigenvalue weighted by atomic mass is 10.3. The van der Waals surface area contributed by atoms with Gasteiger partial charge in [-0.05, 0) is 11.6 Å². The molecule has 0 spiro atoms. The Bertz CT molecular complexity index is 319. The lowest BCUT2D eigenvalue weighted by molar-refractivity contribution is 0.148. The van der Waals surface area contributed by atoms with Crippen molar-refractivity contribution in [2.24, 2.45) is 0 Å². The first-order valence-corrected chi connectivity index (χ1v) is 4.02. The van der Waals surface area contributed by atoms with E-state index >= 15 is 0 Å². The van der Waals surface area contributed by atoms with Crippen LogP contribution in [0.3, 0.4) is 0 Å². The number of aromatic nitrogens is 2. The quantitative estimate of drug-likeness (QED) is 0.789. The fourth-order valence-corrected chi connectivity index (χ4v) is 1.12. The van der Waals surface area contributed by atoms with Crippen molar-refractivity contribution in [3.63, 3.8) is 0 Å². The van der Waals surface area contributed by atoms with E-state index in [0.29, 0.717) is 0 Å². The monoisotopic (exact) mass is 227 g/mol. The van der Waals surface area contributed by atoms with Crippen molar-refractivity contribution in [2.75, 3.05) is 5.73 Å². The maximum Gasteiger partial charge on any atom is 0.244 e. The van der Waals surface area contributed by atoms with Gasteiger partial charge in [0.25, 0.3) is 0 Å². The number of alkyl halides is 2. The van der Waals surface area contributed by atoms with E-state index in [9.17, 15) is 8.78 Å². The number of nitrogen functional groups attached to an aromatic ring is 1. The molecular formula is C6H5Cl2F2N3. The van der Waals surface area contributed by atoms with Gasteiger partial charge in [-0.15, -0.1) is 0 Å².